The molecule has 9 heteroatoms. The normalized spacial score (nSPS) is 16.9. The van der Waals surface area contributed by atoms with E-state index in [0.717, 1.165) is 59.4 Å². The van der Waals surface area contributed by atoms with Crippen LogP contribution in [-0.2, 0) is 32.2 Å². The van der Waals surface area contributed by atoms with Crippen molar-refractivity contribution in [1.82, 2.24) is 15.7 Å². The zero-order valence-electron chi connectivity index (χ0n) is 34.2. The van der Waals surface area contributed by atoms with E-state index in [9.17, 15) is 14.7 Å². The minimum absolute atomic E-state index is 0.00104. The van der Waals surface area contributed by atoms with Crippen LogP contribution in [0.5, 0.6) is 0 Å². The molecule has 3 atom stereocenters. The first-order valence-corrected chi connectivity index (χ1v) is 21.5. The molecule has 0 saturated carbocycles. The van der Waals surface area contributed by atoms with Gasteiger partial charge in [-0.15, -0.1) is 0 Å². The van der Waals surface area contributed by atoms with Crippen LogP contribution in [0.25, 0.3) is 11.1 Å². The smallest absolute Gasteiger partial charge is 0.243 e. The van der Waals surface area contributed by atoms with Crippen LogP contribution in [-0.4, -0.2) is 52.8 Å². The van der Waals surface area contributed by atoms with Crippen molar-refractivity contribution in [2.75, 3.05) is 19.6 Å². The monoisotopic (exact) mass is 772 g/mol. The van der Waals surface area contributed by atoms with E-state index in [2.05, 4.69) is 72.6 Å². The Morgan fingerprint density at radius 1 is 0.679 bits per heavy atom. The van der Waals surface area contributed by atoms with Crippen LogP contribution < -0.4 is 10.8 Å². The van der Waals surface area contributed by atoms with E-state index in [1.165, 1.54) is 77.0 Å². The summed E-state index contributed by atoms with van der Waals surface area (Å²) in [5.41, 5.74) is 7.66. The number of hydrogen-bond donors (Lipinski definition) is 4. The second kappa shape index (κ2) is 26.3. The Balaban J connectivity index is 1.46. The quantitative estimate of drug-likeness (QED) is 0.0346. The number of hydrogen-bond acceptors (Lipinski definition) is 7. The maximum atomic E-state index is 12.5. The zero-order valence-corrected chi connectivity index (χ0v) is 34.2. The molecular formula is C47H69N3O6. The second-order valence-corrected chi connectivity index (χ2v) is 15.5. The molecule has 3 aromatic carbocycles. The lowest BCUT2D eigenvalue weighted by Gasteiger charge is -2.38. The topological polar surface area (TPSA) is 120 Å². The van der Waals surface area contributed by atoms with E-state index in [1.807, 2.05) is 24.3 Å². The second-order valence-electron chi connectivity index (χ2n) is 15.5. The fourth-order valence-electron chi connectivity index (χ4n) is 7.49. The average Bonchev–Trinajstić information content (AvgIpc) is 3.23. The third-order valence-corrected chi connectivity index (χ3v) is 10.8. The van der Waals surface area contributed by atoms with Gasteiger partial charge in [-0.05, 0) is 78.7 Å². The largest absolute Gasteiger partial charge is 0.392 e. The lowest BCUT2D eigenvalue weighted by Crippen LogP contribution is -2.40. The summed E-state index contributed by atoms with van der Waals surface area (Å²) >= 11 is 0. The number of nitrogens with one attached hydrogen (secondary N) is 2. The van der Waals surface area contributed by atoms with Crippen molar-refractivity contribution >= 4 is 11.8 Å². The maximum Gasteiger partial charge on any atom is 0.243 e. The molecule has 3 aromatic rings. The van der Waals surface area contributed by atoms with Gasteiger partial charge in [0.25, 0.3) is 0 Å². The van der Waals surface area contributed by atoms with E-state index in [1.54, 1.807) is 5.48 Å². The molecule has 0 bridgehead atoms. The Kier molecular flexibility index (Phi) is 21.2. The van der Waals surface area contributed by atoms with Crippen molar-refractivity contribution in [3.05, 3.63) is 95.1 Å². The summed E-state index contributed by atoms with van der Waals surface area (Å²) in [6.07, 6.45) is 17.1. The number of nitrogens with zero attached hydrogens (tertiary/aromatic N) is 1. The summed E-state index contributed by atoms with van der Waals surface area (Å²) < 4.78 is 13.6. The molecule has 4 N–H and O–H groups in total. The molecule has 1 aliphatic heterocycles. The Morgan fingerprint density at radius 2 is 1.29 bits per heavy atom. The van der Waals surface area contributed by atoms with Gasteiger partial charge in [-0.3, -0.25) is 14.8 Å². The number of aliphatic hydroxyl groups is 1. The molecule has 1 saturated heterocycles. The molecule has 0 radical (unpaired) electrons. The van der Waals surface area contributed by atoms with Crippen LogP contribution in [0.1, 0.15) is 158 Å². The van der Waals surface area contributed by atoms with Gasteiger partial charge < -0.3 is 24.8 Å². The van der Waals surface area contributed by atoms with Crippen molar-refractivity contribution < 1.29 is 29.4 Å². The summed E-state index contributed by atoms with van der Waals surface area (Å²) in [4.78, 5) is 26.3. The molecule has 1 aliphatic rings. The Labute approximate surface area is 336 Å². The predicted octanol–water partition coefficient (Wildman–Crippen LogP) is 10.1. The Hall–Kier alpha value is -3.60. The number of amides is 2. The molecule has 3 unspecified atom stereocenters. The number of unbranched alkanes of at least 4 members (excludes halogenated alkanes) is 11. The fourth-order valence-corrected chi connectivity index (χ4v) is 7.49. The lowest BCUT2D eigenvalue weighted by molar-refractivity contribution is -0.253. The van der Waals surface area contributed by atoms with Gasteiger partial charge in [0.1, 0.15) is 0 Å². The van der Waals surface area contributed by atoms with Gasteiger partial charge in [-0.25, -0.2) is 5.48 Å². The Bertz CT molecular complexity index is 1530. The van der Waals surface area contributed by atoms with E-state index in [-0.39, 0.29) is 31.1 Å². The molecular weight excluding hydrogens is 703 g/mol. The van der Waals surface area contributed by atoms with Gasteiger partial charge in [0, 0.05) is 37.9 Å². The molecule has 1 heterocycles. The highest BCUT2D eigenvalue weighted by atomic mass is 16.7. The zero-order chi connectivity index (χ0) is 39.8. The molecule has 2 amide bonds. The van der Waals surface area contributed by atoms with Crippen molar-refractivity contribution in [2.24, 2.45) is 0 Å². The van der Waals surface area contributed by atoms with Gasteiger partial charge in [-0.2, -0.15) is 0 Å². The first kappa shape index (κ1) is 45.1. The van der Waals surface area contributed by atoms with Crippen LogP contribution in [0.4, 0.5) is 0 Å². The van der Waals surface area contributed by atoms with Crippen LogP contribution in [0.2, 0.25) is 0 Å². The summed E-state index contributed by atoms with van der Waals surface area (Å²) in [6.45, 7) is 8.03. The molecule has 0 aromatic heterocycles. The third-order valence-electron chi connectivity index (χ3n) is 10.8. The maximum absolute atomic E-state index is 12.5. The summed E-state index contributed by atoms with van der Waals surface area (Å²) in [6, 6.07) is 24.7. The highest BCUT2D eigenvalue weighted by Crippen LogP contribution is 2.39. The molecule has 56 heavy (non-hydrogen) atoms. The van der Waals surface area contributed by atoms with E-state index in [4.69, 9.17) is 14.7 Å². The van der Waals surface area contributed by atoms with Gasteiger partial charge >= 0.3 is 0 Å². The van der Waals surface area contributed by atoms with Crippen LogP contribution in [0.15, 0.2) is 72.8 Å². The summed E-state index contributed by atoms with van der Waals surface area (Å²) in [7, 11) is 0. The van der Waals surface area contributed by atoms with E-state index >= 15 is 0 Å². The lowest BCUT2D eigenvalue weighted by atomic mass is 9.98. The number of carbonyl (C=O) groups excluding carboxylic acids is 2. The van der Waals surface area contributed by atoms with Crippen LogP contribution in [0, 0.1) is 0 Å². The summed E-state index contributed by atoms with van der Waals surface area (Å²) in [5.74, 6) is -0.508. The molecule has 9 nitrogen and oxygen atoms in total. The molecule has 0 spiro atoms. The number of benzene rings is 3. The first-order chi connectivity index (χ1) is 27.4. The predicted molar refractivity (Wildman–Crippen MR) is 224 cm³/mol. The number of ether oxygens (including phenoxy) is 2. The minimum Gasteiger partial charge on any atom is -0.392 e. The highest BCUT2D eigenvalue weighted by molar-refractivity contribution is 5.76. The van der Waals surface area contributed by atoms with Crippen LogP contribution >= 0.6 is 0 Å². The standard InChI is InChI=1S/C47H69N3O6/c1-3-5-7-9-11-15-29-50(30-16-12-10-8-6-4-2)35-43-33-44(39-27-25-37(36-51)26-28-39)56-47(55-43)42-22-18-21-41(32-42)40-20-17-19-38(31-40)34-48-45(52)23-13-14-24-46(53)49-54/h17-22,25-28,31-32,43-44,47,51,54H,3-16,23-24,29-30,33-36H2,1-2H3,(H,48,52)(H,49,53). The number of rotatable bonds is 27. The molecule has 308 valence electrons. The number of carbonyl (C=O) groups is 2. The number of aliphatic hydroxyl groups excluding tert-OH is 1. The van der Waals surface area contributed by atoms with Gasteiger partial charge in [0.2, 0.25) is 11.8 Å². The Morgan fingerprint density at radius 3 is 1.93 bits per heavy atom. The van der Waals surface area contributed by atoms with Gasteiger partial charge in [-0.1, -0.05) is 139 Å². The van der Waals surface area contributed by atoms with Gasteiger partial charge in [0.05, 0.1) is 18.8 Å². The van der Waals surface area contributed by atoms with Crippen molar-refractivity contribution in [2.45, 2.75) is 155 Å². The van der Waals surface area contributed by atoms with E-state index < -0.39 is 12.2 Å². The number of hydroxylamine groups is 1. The average molecular weight is 772 g/mol. The SMILES string of the molecule is CCCCCCCCN(CCCCCCCC)CC1CC(c2ccc(CO)cc2)OC(c2cccc(-c3cccc(CNC(=O)CCCCC(=O)NO)c3)c2)O1. The van der Waals surface area contributed by atoms with Crippen molar-refractivity contribution in [3.8, 4) is 11.1 Å². The minimum atomic E-state index is -0.535. The van der Waals surface area contributed by atoms with E-state index in [0.29, 0.717) is 25.8 Å². The highest BCUT2D eigenvalue weighted by Gasteiger charge is 2.33. The van der Waals surface area contributed by atoms with Crippen molar-refractivity contribution in [3.63, 3.8) is 0 Å². The van der Waals surface area contributed by atoms with Gasteiger partial charge in [0.15, 0.2) is 6.29 Å². The molecule has 1 fully saturated rings. The van der Waals surface area contributed by atoms with Crippen LogP contribution in [0.3, 0.4) is 0 Å². The molecule has 0 aliphatic carbocycles. The third kappa shape index (κ3) is 16.5. The fraction of sp³-hybridized carbons (Fsp3) is 0.574. The summed E-state index contributed by atoms with van der Waals surface area (Å²) in [5, 5.41) is 21.3. The molecule has 4 rings (SSSR count). The van der Waals surface area contributed by atoms with Crippen molar-refractivity contribution in [1.29, 1.82) is 0 Å². The first-order valence-electron chi connectivity index (χ1n) is 21.5.